The SMILES string of the molecule is Nc1ccnc(N2CCC(N)CC2)c1. The van der Waals surface area contributed by atoms with Crippen molar-refractivity contribution >= 4 is 11.5 Å². The lowest BCUT2D eigenvalue weighted by Crippen LogP contribution is -2.40. The summed E-state index contributed by atoms with van der Waals surface area (Å²) in [6, 6.07) is 4.07. The molecular weight excluding hydrogens is 176 g/mol. The fourth-order valence-electron chi connectivity index (χ4n) is 1.74. The fraction of sp³-hybridized carbons (Fsp3) is 0.500. The van der Waals surface area contributed by atoms with Gasteiger partial charge in [0.1, 0.15) is 5.82 Å². The van der Waals surface area contributed by atoms with Crippen molar-refractivity contribution in [1.82, 2.24) is 4.98 Å². The minimum absolute atomic E-state index is 0.354. The topological polar surface area (TPSA) is 68.2 Å². The first kappa shape index (κ1) is 9.27. The van der Waals surface area contributed by atoms with Crippen LogP contribution in [-0.2, 0) is 0 Å². The molecule has 1 aliphatic rings. The van der Waals surface area contributed by atoms with E-state index < -0.39 is 0 Å². The van der Waals surface area contributed by atoms with Crippen LogP contribution in [0.25, 0.3) is 0 Å². The van der Waals surface area contributed by atoms with Gasteiger partial charge >= 0.3 is 0 Å². The molecule has 2 heterocycles. The summed E-state index contributed by atoms with van der Waals surface area (Å²) in [5, 5.41) is 0. The Balaban J connectivity index is 2.08. The lowest BCUT2D eigenvalue weighted by molar-refractivity contribution is 0.499. The Labute approximate surface area is 83.9 Å². The first-order valence-electron chi connectivity index (χ1n) is 4.98. The predicted molar refractivity (Wildman–Crippen MR) is 58.1 cm³/mol. The van der Waals surface area contributed by atoms with Gasteiger partial charge in [-0.1, -0.05) is 0 Å². The van der Waals surface area contributed by atoms with Crippen LogP contribution in [0.1, 0.15) is 12.8 Å². The fourth-order valence-corrected chi connectivity index (χ4v) is 1.74. The van der Waals surface area contributed by atoms with Crippen LogP contribution in [-0.4, -0.2) is 24.1 Å². The number of hydrogen-bond acceptors (Lipinski definition) is 4. The van der Waals surface area contributed by atoms with E-state index in [4.69, 9.17) is 11.5 Å². The maximum atomic E-state index is 5.83. The van der Waals surface area contributed by atoms with Crippen molar-refractivity contribution < 1.29 is 0 Å². The van der Waals surface area contributed by atoms with Crippen molar-refractivity contribution in [3.05, 3.63) is 18.3 Å². The third-order valence-electron chi connectivity index (χ3n) is 2.63. The van der Waals surface area contributed by atoms with Crippen LogP contribution in [0.15, 0.2) is 18.3 Å². The molecular formula is C10H16N4. The molecule has 4 N–H and O–H groups in total. The van der Waals surface area contributed by atoms with Crippen molar-refractivity contribution in [2.24, 2.45) is 5.73 Å². The second-order valence-electron chi connectivity index (χ2n) is 3.77. The maximum absolute atomic E-state index is 5.83. The van der Waals surface area contributed by atoms with E-state index in [2.05, 4.69) is 9.88 Å². The molecule has 0 unspecified atom stereocenters. The molecule has 0 saturated carbocycles. The molecule has 76 valence electrons. The molecule has 1 aliphatic heterocycles. The number of nitrogens with two attached hydrogens (primary N) is 2. The van der Waals surface area contributed by atoms with Crippen molar-refractivity contribution in [3.63, 3.8) is 0 Å². The molecule has 0 aliphatic carbocycles. The zero-order valence-electron chi connectivity index (χ0n) is 8.19. The summed E-state index contributed by atoms with van der Waals surface area (Å²) >= 11 is 0. The first-order valence-corrected chi connectivity index (χ1v) is 4.98. The summed E-state index contributed by atoms with van der Waals surface area (Å²) in [6.45, 7) is 1.97. The van der Waals surface area contributed by atoms with E-state index in [-0.39, 0.29) is 0 Å². The van der Waals surface area contributed by atoms with E-state index in [1.807, 2.05) is 6.07 Å². The molecule has 1 saturated heterocycles. The average molecular weight is 192 g/mol. The summed E-state index contributed by atoms with van der Waals surface area (Å²) in [5.74, 6) is 0.969. The van der Waals surface area contributed by atoms with Crippen LogP contribution >= 0.6 is 0 Å². The molecule has 0 bridgehead atoms. The van der Waals surface area contributed by atoms with Crippen molar-refractivity contribution in [1.29, 1.82) is 0 Å². The maximum Gasteiger partial charge on any atom is 0.130 e. The summed E-state index contributed by atoms with van der Waals surface area (Å²) in [5.41, 5.74) is 12.3. The number of piperidine rings is 1. The van der Waals surface area contributed by atoms with E-state index in [1.165, 1.54) is 0 Å². The Morgan fingerprint density at radius 1 is 1.36 bits per heavy atom. The Morgan fingerprint density at radius 3 is 2.71 bits per heavy atom. The number of aromatic nitrogens is 1. The molecule has 4 heteroatoms. The van der Waals surface area contributed by atoms with Gasteiger partial charge in [-0.15, -0.1) is 0 Å². The highest BCUT2D eigenvalue weighted by molar-refractivity contribution is 5.50. The zero-order valence-corrected chi connectivity index (χ0v) is 8.19. The van der Waals surface area contributed by atoms with Gasteiger partial charge in [0, 0.05) is 37.1 Å². The van der Waals surface area contributed by atoms with Crippen molar-refractivity contribution in [3.8, 4) is 0 Å². The Kier molecular flexibility index (Phi) is 2.54. The Morgan fingerprint density at radius 2 is 2.07 bits per heavy atom. The van der Waals surface area contributed by atoms with Crippen LogP contribution in [0.3, 0.4) is 0 Å². The van der Waals surface area contributed by atoms with E-state index in [0.717, 1.165) is 37.4 Å². The standard InChI is InChI=1S/C10H16N4/c11-8-2-5-14(6-3-8)10-7-9(12)1-4-13-10/h1,4,7-8H,2-3,5-6,11H2,(H2,12,13). The van der Waals surface area contributed by atoms with E-state index >= 15 is 0 Å². The smallest absolute Gasteiger partial charge is 0.130 e. The minimum atomic E-state index is 0.354. The lowest BCUT2D eigenvalue weighted by atomic mass is 10.1. The number of rotatable bonds is 1. The van der Waals surface area contributed by atoms with Gasteiger partial charge in [0.05, 0.1) is 0 Å². The van der Waals surface area contributed by atoms with Gasteiger partial charge in [0.25, 0.3) is 0 Å². The summed E-state index contributed by atoms with van der Waals surface area (Å²) in [7, 11) is 0. The number of nitrogens with zero attached hydrogens (tertiary/aromatic N) is 2. The molecule has 0 amide bonds. The third kappa shape index (κ3) is 1.96. The number of anilines is 2. The second kappa shape index (κ2) is 3.84. The average Bonchev–Trinajstić information content (AvgIpc) is 2.19. The van der Waals surface area contributed by atoms with Crippen LogP contribution in [0.4, 0.5) is 11.5 Å². The quantitative estimate of drug-likeness (QED) is 0.683. The molecule has 0 aromatic carbocycles. The molecule has 4 nitrogen and oxygen atoms in total. The van der Waals surface area contributed by atoms with Crippen LogP contribution in [0.5, 0.6) is 0 Å². The zero-order chi connectivity index (χ0) is 9.97. The molecule has 1 fully saturated rings. The highest BCUT2D eigenvalue weighted by atomic mass is 15.2. The Bertz CT molecular complexity index is 305. The highest BCUT2D eigenvalue weighted by Crippen LogP contribution is 2.18. The monoisotopic (exact) mass is 192 g/mol. The normalized spacial score (nSPS) is 18.5. The lowest BCUT2D eigenvalue weighted by Gasteiger charge is -2.31. The van der Waals surface area contributed by atoms with E-state index in [0.29, 0.717) is 6.04 Å². The molecule has 1 aromatic rings. The van der Waals surface area contributed by atoms with Gasteiger partial charge in [-0.3, -0.25) is 0 Å². The van der Waals surface area contributed by atoms with E-state index in [1.54, 1.807) is 12.3 Å². The van der Waals surface area contributed by atoms with E-state index in [9.17, 15) is 0 Å². The van der Waals surface area contributed by atoms with Gasteiger partial charge in [-0.25, -0.2) is 4.98 Å². The van der Waals surface area contributed by atoms with Crippen molar-refractivity contribution in [2.45, 2.75) is 18.9 Å². The summed E-state index contributed by atoms with van der Waals surface area (Å²) in [6.07, 6.45) is 3.83. The number of nitrogen functional groups attached to an aromatic ring is 1. The summed E-state index contributed by atoms with van der Waals surface area (Å²) in [4.78, 5) is 6.53. The second-order valence-corrected chi connectivity index (χ2v) is 3.77. The Hall–Kier alpha value is -1.29. The molecule has 14 heavy (non-hydrogen) atoms. The van der Waals surface area contributed by atoms with Crippen molar-refractivity contribution in [2.75, 3.05) is 23.7 Å². The minimum Gasteiger partial charge on any atom is -0.399 e. The molecule has 1 aromatic heterocycles. The number of pyridine rings is 1. The summed E-state index contributed by atoms with van der Waals surface area (Å²) < 4.78 is 0. The molecule has 2 rings (SSSR count). The molecule has 0 spiro atoms. The first-order chi connectivity index (χ1) is 6.75. The van der Waals surface area contributed by atoms with Crippen LogP contribution in [0, 0.1) is 0 Å². The largest absolute Gasteiger partial charge is 0.399 e. The van der Waals surface area contributed by atoms with Crippen LogP contribution < -0.4 is 16.4 Å². The molecule has 0 atom stereocenters. The van der Waals surface area contributed by atoms with Gasteiger partial charge in [-0.05, 0) is 18.9 Å². The van der Waals surface area contributed by atoms with Gasteiger partial charge in [-0.2, -0.15) is 0 Å². The number of hydrogen-bond donors (Lipinski definition) is 2. The van der Waals surface area contributed by atoms with Gasteiger partial charge < -0.3 is 16.4 Å². The van der Waals surface area contributed by atoms with Crippen LogP contribution in [0.2, 0.25) is 0 Å². The van der Waals surface area contributed by atoms with Gasteiger partial charge in [0.2, 0.25) is 0 Å². The third-order valence-corrected chi connectivity index (χ3v) is 2.63. The molecule has 0 radical (unpaired) electrons. The van der Waals surface area contributed by atoms with Gasteiger partial charge in [0.15, 0.2) is 0 Å². The highest BCUT2D eigenvalue weighted by Gasteiger charge is 2.16. The predicted octanol–water partition coefficient (Wildman–Crippen LogP) is 0.591.